The number of carbonyl (C=O) groups excluding carboxylic acids is 1. The summed E-state index contributed by atoms with van der Waals surface area (Å²) in [5.41, 5.74) is 6.53. The van der Waals surface area contributed by atoms with Gasteiger partial charge in [0.2, 0.25) is 5.91 Å². The molecule has 4 nitrogen and oxygen atoms in total. The number of nitrogens with zero attached hydrogens (tertiary/aromatic N) is 1. The molecule has 0 aromatic carbocycles. The van der Waals surface area contributed by atoms with Crippen LogP contribution in [0, 0.1) is 11.8 Å². The van der Waals surface area contributed by atoms with Gasteiger partial charge < -0.3 is 11.1 Å². The Kier molecular flexibility index (Phi) is 4.72. The van der Waals surface area contributed by atoms with Gasteiger partial charge in [-0.3, -0.25) is 9.78 Å². The van der Waals surface area contributed by atoms with Crippen molar-refractivity contribution >= 4 is 27.5 Å². The Morgan fingerprint density at radius 1 is 1.50 bits per heavy atom. The van der Waals surface area contributed by atoms with Gasteiger partial charge in [-0.1, -0.05) is 12.8 Å². The fourth-order valence-corrected chi connectivity index (χ4v) is 2.89. The van der Waals surface area contributed by atoms with Crippen LogP contribution in [-0.4, -0.2) is 17.4 Å². The number of rotatable bonds is 3. The van der Waals surface area contributed by atoms with E-state index in [1.807, 2.05) is 0 Å². The van der Waals surface area contributed by atoms with E-state index in [1.54, 1.807) is 18.5 Å². The van der Waals surface area contributed by atoms with Crippen molar-refractivity contribution in [1.29, 1.82) is 0 Å². The molecule has 1 heterocycles. The van der Waals surface area contributed by atoms with E-state index in [0.717, 1.165) is 29.4 Å². The molecule has 1 aliphatic carbocycles. The van der Waals surface area contributed by atoms with Gasteiger partial charge in [0.05, 0.1) is 10.2 Å². The molecule has 5 heteroatoms. The maximum Gasteiger partial charge on any atom is 0.227 e. The maximum absolute atomic E-state index is 12.3. The molecule has 1 fully saturated rings. The van der Waals surface area contributed by atoms with E-state index in [1.165, 1.54) is 6.42 Å². The number of anilines is 1. The zero-order chi connectivity index (χ0) is 13.0. The summed E-state index contributed by atoms with van der Waals surface area (Å²) >= 11 is 3.38. The lowest BCUT2D eigenvalue weighted by molar-refractivity contribution is -0.122. The van der Waals surface area contributed by atoms with Crippen LogP contribution in [-0.2, 0) is 4.79 Å². The van der Waals surface area contributed by atoms with Crippen molar-refractivity contribution in [3.8, 4) is 0 Å². The third-order valence-corrected chi connectivity index (χ3v) is 4.21. The lowest BCUT2D eigenvalue weighted by Gasteiger charge is -2.29. The number of halogens is 1. The van der Waals surface area contributed by atoms with Gasteiger partial charge in [0.25, 0.3) is 0 Å². The van der Waals surface area contributed by atoms with Crippen molar-refractivity contribution in [2.24, 2.45) is 17.6 Å². The predicted molar refractivity (Wildman–Crippen MR) is 75.1 cm³/mol. The van der Waals surface area contributed by atoms with Crippen LogP contribution in [0.15, 0.2) is 22.9 Å². The number of hydrogen-bond donors (Lipinski definition) is 2. The quantitative estimate of drug-likeness (QED) is 0.901. The molecule has 1 aliphatic rings. The second-order valence-corrected chi connectivity index (χ2v) is 5.59. The summed E-state index contributed by atoms with van der Waals surface area (Å²) in [6.07, 6.45) is 7.65. The number of aromatic nitrogens is 1. The Bertz CT molecular complexity index is 424. The third kappa shape index (κ3) is 3.09. The highest BCUT2D eigenvalue weighted by atomic mass is 79.9. The molecule has 1 amide bonds. The van der Waals surface area contributed by atoms with Crippen molar-refractivity contribution in [2.75, 3.05) is 11.9 Å². The normalized spacial score (nSPS) is 23.7. The molecular weight excluding hydrogens is 294 g/mol. The van der Waals surface area contributed by atoms with Crippen molar-refractivity contribution in [1.82, 2.24) is 4.98 Å². The van der Waals surface area contributed by atoms with E-state index in [9.17, 15) is 4.79 Å². The largest absolute Gasteiger partial charge is 0.330 e. The number of nitrogens with one attached hydrogen (secondary N) is 1. The van der Waals surface area contributed by atoms with Crippen molar-refractivity contribution in [3.05, 3.63) is 22.9 Å². The smallest absolute Gasteiger partial charge is 0.227 e. The van der Waals surface area contributed by atoms with E-state index in [4.69, 9.17) is 5.73 Å². The highest BCUT2D eigenvalue weighted by Crippen LogP contribution is 2.31. The summed E-state index contributed by atoms with van der Waals surface area (Å²) in [5.74, 6) is 0.445. The third-order valence-electron chi connectivity index (χ3n) is 3.58. The van der Waals surface area contributed by atoms with Crippen LogP contribution in [0.1, 0.15) is 25.7 Å². The van der Waals surface area contributed by atoms with Gasteiger partial charge in [0, 0.05) is 18.3 Å². The van der Waals surface area contributed by atoms with Crippen LogP contribution in [0.2, 0.25) is 0 Å². The van der Waals surface area contributed by atoms with E-state index in [-0.39, 0.29) is 11.8 Å². The van der Waals surface area contributed by atoms with Crippen molar-refractivity contribution in [3.63, 3.8) is 0 Å². The average molecular weight is 312 g/mol. The highest BCUT2D eigenvalue weighted by Gasteiger charge is 2.30. The minimum absolute atomic E-state index is 0.0452. The Labute approximate surface area is 115 Å². The SMILES string of the molecule is NCC1CCCCC1C(=O)Nc1ccncc1Br. The Hall–Kier alpha value is -0.940. The first kappa shape index (κ1) is 13.5. The number of pyridine rings is 1. The maximum atomic E-state index is 12.3. The van der Waals surface area contributed by atoms with Crippen LogP contribution in [0.25, 0.3) is 0 Å². The number of hydrogen-bond acceptors (Lipinski definition) is 3. The molecule has 3 N–H and O–H groups in total. The first-order valence-corrected chi connectivity index (χ1v) is 7.12. The van der Waals surface area contributed by atoms with Gasteiger partial charge in [0.15, 0.2) is 0 Å². The van der Waals surface area contributed by atoms with Crippen LogP contribution >= 0.6 is 15.9 Å². The van der Waals surface area contributed by atoms with Gasteiger partial charge in [-0.2, -0.15) is 0 Å². The minimum Gasteiger partial charge on any atom is -0.330 e. The lowest BCUT2D eigenvalue weighted by Crippen LogP contribution is -2.35. The standard InChI is InChI=1S/C13H18BrN3O/c14-11-8-16-6-5-12(11)17-13(18)10-4-2-1-3-9(10)7-15/h5-6,8-10H,1-4,7,15H2,(H,16,17,18). The topological polar surface area (TPSA) is 68.0 Å². The zero-order valence-corrected chi connectivity index (χ0v) is 11.8. The van der Waals surface area contributed by atoms with E-state index < -0.39 is 0 Å². The second-order valence-electron chi connectivity index (χ2n) is 4.73. The predicted octanol–water partition coefficient (Wildman–Crippen LogP) is 2.55. The lowest BCUT2D eigenvalue weighted by atomic mass is 9.78. The molecule has 0 radical (unpaired) electrons. The fraction of sp³-hybridized carbons (Fsp3) is 0.538. The zero-order valence-electron chi connectivity index (χ0n) is 10.2. The summed E-state index contributed by atoms with van der Waals surface area (Å²) in [5, 5.41) is 2.96. The van der Waals surface area contributed by atoms with Crippen LogP contribution in [0.3, 0.4) is 0 Å². The first-order chi connectivity index (χ1) is 8.72. The molecule has 2 atom stereocenters. The minimum atomic E-state index is 0.0452. The molecule has 1 aromatic rings. The molecule has 98 valence electrons. The monoisotopic (exact) mass is 311 g/mol. The van der Waals surface area contributed by atoms with Crippen LogP contribution in [0.5, 0.6) is 0 Å². The number of amides is 1. The molecule has 0 aliphatic heterocycles. The van der Waals surface area contributed by atoms with Gasteiger partial charge in [-0.15, -0.1) is 0 Å². The van der Waals surface area contributed by atoms with Gasteiger partial charge in [0.1, 0.15) is 0 Å². The summed E-state index contributed by atoms with van der Waals surface area (Å²) in [6, 6.07) is 1.79. The van der Waals surface area contributed by atoms with Gasteiger partial charge in [-0.05, 0) is 47.3 Å². The van der Waals surface area contributed by atoms with Crippen molar-refractivity contribution in [2.45, 2.75) is 25.7 Å². The number of carbonyl (C=O) groups is 1. The molecule has 0 bridgehead atoms. The molecule has 1 saturated carbocycles. The van der Waals surface area contributed by atoms with Gasteiger partial charge in [-0.25, -0.2) is 0 Å². The second kappa shape index (κ2) is 6.29. The van der Waals surface area contributed by atoms with Crippen LogP contribution < -0.4 is 11.1 Å². The molecule has 18 heavy (non-hydrogen) atoms. The Balaban J connectivity index is 2.05. The molecule has 2 rings (SSSR count). The van der Waals surface area contributed by atoms with E-state index in [0.29, 0.717) is 12.5 Å². The average Bonchev–Trinajstić information content (AvgIpc) is 2.41. The molecule has 0 saturated heterocycles. The van der Waals surface area contributed by atoms with Crippen molar-refractivity contribution < 1.29 is 4.79 Å². The molecular formula is C13H18BrN3O. The van der Waals surface area contributed by atoms with E-state index in [2.05, 4.69) is 26.2 Å². The molecule has 1 aromatic heterocycles. The summed E-state index contributed by atoms with van der Waals surface area (Å²) in [4.78, 5) is 16.3. The Morgan fingerprint density at radius 2 is 2.28 bits per heavy atom. The molecule has 0 spiro atoms. The fourth-order valence-electron chi connectivity index (χ4n) is 2.54. The number of nitrogens with two attached hydrogens (primary N) is 1. The first-order valence-electron chi connectivity index (χ1n) is 6.33. The highest BCUT2D eigenvalue weighted by molar-refractivity contribution is 9.10. The van der Waals surface area contributed by atoms with Crippen LogP contribution in [0.4, 0.5) is 5.69 Å². The molecule has 2 unspecified atom stereocenters. The van der Waals surface area contributed by atoms with Gasteiger partial charge >= 0.3 is 0 Å². The summed E-state index contributed by atoms with van der Waals surface area (Å²) in [7, 11) is 0. The summed E-state index contributed by atoms with van der Waals surface area (Å²) in [6.45, 7) is 0.593. The van der Waals surface area contributed by atoms with E-state index >= 15 is 0 Å². The Morgan fingerprint density at radius 3 is 3.00 bits per heavy atom. The summed E-state index contributed by atoms with van der Waals surface area (Å²) < 4.78 is 0.804.